The van der Waals surface area contributed by atoms with E-state index in [0.29, 0.717) is 18.7 Å². The molecule has 1 aromatic rings. The van der Waals surface area contributed by atoms with E-state index in [1.165, 1.54) is 11.3 Å². The van der Waals surface area contributed by atoms with Crippen LogP contribution in [0.3, 0.4) is 0 Å². The van der Waals surface area contributed by atoms with E-state index in [4.69, 9.17) is 10.5 Å². The molecule has 19 heavy (non-hydrogen) atoms. The van der Waals surface area contributed by atoms with Gasteiger partial charge in [0.15, 0.2) is 0 Å². The number of ether oxygens (including phenoxy) is 1. The minimum atomic E-state index is -0.994. The van der Waals surface area contributed by atoms with Crippen molar-refractivity contribution in [2.24, 2.45) is 5.73 Å². The fraction of sp³-hybridized carbons (Fsp3) is 0.667. The predicted octanol–water partition coefficient (Wildman–Crippen LogP) is 0.680. The molecule has 4 N–H and O–H groups in total. The number of aliphatic hydroxyl groups is 1. The molecule has 0 radical (unpaired) electrons. The quantitative estimate of drug-likeness (QED) is 0.685. The normalized spacial score (nSPS) is 15.8. The van der Waals surface area contributed by atoms with Gasteiger partial charge in [0.25, 0.3) is 5.91 Å². The Kier molecular flexibility index (Phi) is 5.86. The average Bonchev–Trinajstić information content (AvgIpc) is 2.83. The van der Waals surface area contributed by atoms with Gasteiger partial charge in [-0.1, -0.05) is 0 Å². The zero-order valence-electron chi connectivity index (χ0n) is 11.5. The van der Waals surface area contributed by atoms with Gasteiger partial charge in [0, 0.05) is 32.1 Å². The molecule has 7 heteroatoms. The predicted molar refractivity (Wildman–Crippen MR) is 74.2 cm³/mol. The minimum Gasteiger partial charge on any atom is -0.388 e. The van der Waals surface area contributed by atoms with Crippen LogP contribution in [-0.4, -0.2) is 41.9 Å². The van der Waals surface area contributed by atoms with Crippen molar-refractivity contribution in [3.8, 4) is 0 Å². The van der Waals surface area contributed by atoms with E-state index in [-0.39, 0.29) is 18.5 Å². The van der Waals surface area contributed by atoms with Gasteiger partial charge in [-0.25, -0.2) is 4.98 Å². The van der Waals surface area contributed by atoms with Crippen LogP contribution in [0.2, 0.25) is 0 Å². The van der Waals surface area contributed by atoms with Crippen molar-refractivity contribution in [3.63, 3.8) is 0 Å². The fourth-order valence-corrected chi connectivity index (χ4v) is 2.13. The molecule has 0 fully saturated rings. The molecule has 0 aliphatic heterocycles. The van der Waals surface area contributed by atoms with E-state index in [1.807, 2.05) is 6.92 Å². The van der Waals surface area contributed by atoms with Crippen LogP contribution in [0.1, 0.15) is 41.8 Å². The Morgan fingerprint density at radius 2 is 2.42 bits per heavy atom. The Balaban J connectivity index is 2.50. The molecule has 0 aromatic carbocycles. The minimum absolute atomic E-state index is 0.153. The molecule has 0 spiro atoms. The Morgan fingerprint density at radius 1 is 1.74 bits per heavy atom. The van der Waals surface area contributed by atoms with Gasteiger partial charge in [-0.3, -0.25) is 4.79 Å². The number of nitrogens with one attached hydrogen (secondary N) is 1. The molecule has 2 unspecified atom stereocenters. The maximum atomic E-state index is 11.9. The molecular formula is C12H21N3O3S. The smallest absolute Gasteiger partial charge is 0.270 e. The van der Waals surface area contributed by atoms with E-state index in [9.17, 15) is 9.90 Å². The zero-order chi connectivity index (χ0) is 14.5. The fourth-order valence-electron chi connectivity index (χ4n) is 1.37. The van der Waals surface area contributed by atoms with Gasteiger partial charge in [-0.2, -0.15) is 0 Å². The van der Waals surface area contributed by atoms with Gasteiger partial charge in [-0.05, 0) is 13.8 Å². The Labute approximate surface area is 117 Å². The van der Waals surface area contributed by atoms with Crippen LogP contribution < -0.4 is 11.1 Å². The summed E-state index contributed by atoms with van der Waals surface area (Å²) in [7, 11) is 1.57. The van der Waals surface area contributed by atoms with Crippen LogP contribution in [0.15, 0.2) is 5.38 Å². The van der Waals surface area contributed by atoms with Crippen molar-refractivity contribution in [3.05, 3.63) is 16.1 Å². The number of carbonyl (C=O) groups excluding carboxylic acids is 1. The van der Waals surface area contributed by atoms with Gasteiger partial charge in [0.05, 0.1) is 11.6 Å². The second-order valence-electron chi connectivity index (χ2n) is 4.78. The first-order valence-electron chi connectivity index (χ1n) is 6.06. The summed E-state index contributed by atoms with van der Waals surface area (Å²) in [5.74, 6) is -0.305. The second-order valence-corrected chi connectivity index (χ2v) is 5.67. The van der Waals surface area contributed by atoms with Crippen LogP contribution >= 0.6 is 11.3 Å². The summed E-state index contributed by atoms with van der Waals surface area (Å²) in [5.41, 5.74) is 5.03. The summed E-state index contributed by atoms with van der Waals surface area (Å²) in [6.45, 7) is 4.06. The highest BCUT2D eigenvalue weighted by atomic mass is 32.1. The van der Waals surface area contributed by atoms with E-state index in [1.54, 1.807) is 19.4 Å². The number of methoxy groups -OCH3 is 1. The van der Waals surface area contributed by atoms with Crippen LogP contribution in [0, 0.1) is 0 Å². The summed E-state index contributed by atoms with van der Waals surface area (Å²) in [5, 5.41) is 15.0. The first-order valence-corrected chi connectivity index (χ1v) is 6.94. The number of carbonyl (C=O) groups is 1. The van der Waals surface area contributed by atoms with Gasteiger partial charge in [0.1, 0.15) is 10.7 Å². The largest absolute Gasteiger partial charge is 0.388 e. The number of thiazole rings is 1. The molecule has 0 saturated heterocycles. The van der Waals surface area contributed by atoms with Crippen LogP contribution in [0.4, 0.5) is 0 Å². The number of hydrogen-bond acceptors (Lipinski definition) is 6. The summed E-state index contributed by atoms with van der Waals surface area (Å²) in [4.78, 5) is 16.0. The summed E-state index contributed by atoms with van der Waals surface area (Å²) < 4.78 is 4.90. The molecule has 0 bridgehead atoms. The maximum Gasteiger partial charge on any atom is 0.270 e. The van der Waals surface area contributed by atoms with Crippen molar-refractivity contribution in [2.45, 2.75) is 31.9 Å². The Hall–Kier alpha value is -1.02. The van der Waals surface area contributed by atoms with E-state index in [2.05, 4.69) is 10.3 Å². The highest BCUT2D eigenvalue weighted by Crippen LogP contribution is 2.16. The SMILES string of the molecule is COCCC(C)(O)CNC(=O)c1csc(C(C)N)n1. The van der Waals surface area contributed by atoms with Gasteiger partial charge >= 0.3 is 0 Å². The number of amides is 1. The van der Waals surface area contributed by atoms with Gasteiger partial charge in [0.2, 0.25) is 0 Å². The van der Waals surface area contributed by atoms with Crippen LogP contribution in [0.25, 0.3) is 0 Å². The maximum absolute atomic E-state index is 11.9. The molecular weight excluding hydrogens is 266 g/mol. The van der Waals surface area contributed by atoms with Crippen LogP contribution in [0.5, 0.6) is 0 Å². The summed E-state index contributed by atoms with van der Waals surface area (Å²) >= 11 is 1.35. The summed E-state index contributed by atoms with van der Waals surface area (Å²) in [6.07, 6.45) is 0.450. The first kappa shape index (κ1) is 16.0. The molecule has 1 heterocycles. The number of aromatic nitrogens is 1. The number of nitrogens with zero attached hydrogens (tertiary/aromatic N) is 1. The Morgan fingerprint density at radius 3 is 2.95 bits per heavy atom. The number of hydrogen-bond donors (Lipinski definition) is 3. The lowest BCUT2D eigenvalue weighted by atomic mass is 10.0. The van der Waals surface area contributed by atoms with Gasteiger partial charge < -0.3 is 20.9 Å². The van der Waals surface area contributed by atoms with Gasteiger partial charge in [-0.15, -0.1) is 11.3 Å². The van der Waals surface area contributed by atoms with E-state index < -0.39 is 5.60 Å². The standard InChI is InChI=1S/C12H21N3O3S/c1-8(13)11-15-9(6-19-11)10(16)14-7-12(2,17)4-5-18-3/h6,8,17H,4-5,7,13H2,1-3H3,(H,14,16). The van der Waals surface area contributed by atoms with E-state index in [0.717, 1.165) is 5.01 Å². The highest BCUT2D eigenvalue weighted by molar-refractivity contribution is 7.09. The average molecular weight is 287 g/mol. The first-order chi connectivity index (χ1) is 8.85. The lowest BCUT2D eigenvalue weighted by Crippen LogP contribution is -2.41. The third-order valence-corrected chi connectivity index (χ3v) is 3.66. The topological polar surface area (TPSA) is 97.5 Å². The molecule has 6 nitrogen and oxygen atoms in total. The molecule has 0 aliphatic carbocycles. The molecule has 1 amide bonds. The second kappa shape index (κ2) is 6.95. The van der Waals surface area contributed by atoms with Crippen molar-refractivity contribution in [2.75, 3.05) is 20.3 Å². The van der Waals surface area contributed by atoms with Crippen LogP contribution in [-0.2, 0) is 4.74 Å². The molecule has 108 valence electrons. The lowest BCUT2D eigenvalue weighted by Gasteiger charge is -2.22. The monoisotopic (exact) mass is 287 g/mol. The molecule has 1 aromatic heterocycles. The molecule has 0 aliphatic rings. The van der Waals surface area contributed by atoms with Crippen molar-refractivity contribution >= 4 is 17.2 Å². The molecule has 1 rings (SSSR count). The molecule has 2 atom stereocenters. The van der Waals surface area contributed by atoms with Crippen molar-refractivity contribution < 1.29 is 14.6 Å². The molecule has 0 saturated carbocycles. The van der Waals surface area contributed by atoms with Crippen molar-refractivity contribution in [1.82, 2.24) is 10.3 Å². The van der Waals surface area contributed by atoms with Crippen molar-refractivity contribution in [1.29, 1.82) is 0 Å². The third-order valence-electron chi connectivity index (χ3n) is 2.62. The van der Waals surface area contributed by atoms with E-state index >= 15 is 0 Å². The number of rotatable bonds is 7. The highest BCUT2D eigenvalue weighted by Gasteiger charge is 2.22. The Bertz CT molecular complexity index is 418. The summed E-state index contributed by atoms with van der Waals surface area (Å²) in [6, 6.07) is -0.184. The third kappa shape index (κ3) is 5.23. The number of nitrogens with two attached hydrogens (primary N) is 1. The zero-order valence-corrected chi connectivity index (χ0v) is 12.3. The lowest BCUT2D eigenvalue weighted by molar-refractivity contribution is 0.0243.